The normalized spacial score (nSPS) is 15.7. The van der Waals surface area contributed by atoms with Crippen molar-refractivity contribution in [2.24, 2.45) is 0 Å². The number of carbonyl (C=O) groups excluding carboxylic acids is 2. The number of nitrogens with zero attached hydrogens (tertiary/aromatic N) is 2. The maximum absolute atomic E-state index is 13.2. The van der Waals surface area contributed by atoms with E-state index in [2.05, 4.69) is 15.1 Å². The van der Waals surface area contributed by atoms with Crippen molar-refractivity contribution in [2.45, 2.75) is 19.5 Å². The van der Waals surface area contributed by atoms with Crippen LogP contribution in [-0.4, -0.2) is 67.4 Å². The van der Waals surface area contributed by atoms with Gasteiger partial charge in [-0.25, -0.2) is 0 Å². The van der Waals surface area contributed by atoms with E-state index >= 15 is 0 Å². The molecule has 1 unspecified atom stereocenters. The molecule has 1 saturated heterocycles. The number of amides is 1. The molecule has 3 aromatic carbocycles. The van der Waals surface area contributed by atoms with Gasteiger partial charge in [-0.3, -0.25) is 19.4 Å². The second-order valence-electron chi connectivity index (χ2n) is 8.63. The predicted octanol–water partition coefficient (Wildman–Crippen LogP) is 4.01. The molecule has 0 bridgehead atoms. The molecule has 0 spiro atoms. The van der Waals surface area contributed by atoms with Crippen molar-refractivity contribution in [1.29, 1.82) is 0 Å². The number of fused-ring (bicyclic) bond motifs is 1. The predicted molar refractivity (Wildman–Crippen MR) is 136 cm³/mol. The third-order valence-corrected chi connectivity index (χ3v) is 6.85. The molecule has 178 valence electrons. The molecule has 0 radical (unpaired) electrons. The molecule has 3 aromatic rings. The molecule has 1 amide bonds. The summed E-state index contributed by atoms with van der Waals surface area (Å²) in [6, 6.07) is 19.0. The number of nitrogens with one attached hydrogen (secondary N) is 1. The molecule has 4 rings (SSSR count). The maximum Gasteiger partial charge on any atom is 0.234 e. The first kappa shape index (κ1) is 24.2. The summed E-state index contributed by atoms with van der Waals surface area (Å²) in [7, 11) is 1.59. The second-order valence-corrected chi connectivity index (χ2v) is 9.01. The van der Waals surface area contributed by atoms with Gasteiger partial charge < -0.3 is 10.1 Å². The maximum atomic E-state index is 13.2. The van der Waals surface area contributed by atoms with Crippen LogP contribution in [0.25, 0.3) is 10.8 Å². The van der Waals surface area contributed by atoms with Crippen LogP contribution in [0.5, 0.6) is 5.75 Å². The highest BCUT2D eigenvalue weighted by molar-refractivity contribution is 6.37. The van der Waals surface area contributed by atoms with Gasteiger partial charge in [0.15, 0.2) is 5.78 Å². The fourth-order valence-electron chi connectivity index (χ4n) is 4.35. The van der Waals surface area contributed by atoms with Crippen LogP contribution >= 0.6 is 11.6 Å². The fraction of sp³-hybridized carbons (Fsp3) is 0.333. The summed E-state index contributed by atoms with van der Waals surface area (Å²) in [6.07, 6.45) is 0. The quantitative estimate of drug-likeness (QED) is 0.495. The van der Waals surface area contributed by atoms with E-state index in [0.29, 0.717) is 29.4 Å². The standard InChI is InChI=1S/C27H30ClN3O3/c1-19(27(33)22-8-10-23-21(16-22)9-11-24(34-2)26(23)28)31-14-12-30(13-15-31)18-25(32)29-17-20-6-4-3-5-7-20/h3-11,16,19H,12-15,17-18H2,1-2H3,(H,29,32). The SMILES string of the molecule is COc1ccc2cc(C(=O)C(C)N3CCN(CC(=O)NCc4ccccc4)CC3)ccc2c1Cl. The minimum absolute atomic E-state index is 0.0212. The van der Waals surface area contributed by atoms with Gasteiger partial charge in [-0.2, -0.15) is 0 Å². The Morgan fingerprint density at radius 1 is 1.03 bits per heavy atom. The van der Waals surface area contributed by atoms with Gasteiger partial charge in [0.2, 0.25) is 5.91 Å². The summed E-state index contributed by atoms with van der Waals surface area (Å²) in [4.78, 5) is 29.8. The summed E-state index contributed by atoms with van der Waals surface area (Å²) in [5.74, 6) is 0.726. The van der Waals surface area contributed by atoms with Crippen molar-refractivity contribution in [3.8, 4) is 5.75 Å². The van der Waals surface area contributed by atoms with Crippen molar-refractivity contribution < 1.29 is 14.3 Å². The Morgan fingerprint density at radius 2 is 1.76 bits per heavy atom. The second kappa shape index (κ2) is 11.0. The molecule has 1 N–H and O–H groups in total. The van der Waals surface area contributed by atoms with E-state index in [9.17, 15) is 9.59 Å². The third-order valence-electron chi connectivity index (χ3n) is 6.46. The molecule has 1 aliphatic rings. The van der Waals surface area contributed by atoms with E-state index in [-0.39, 0.29) is 17.7 Å². The number of piperazine rings is 1. The highest BCUT2D eigenvalue weighted by Gasteiger charge is 2.27. The largest absolute Gasteiger partial charge is 0.495 e. The molecule has 0 aromatic heterocycles. The Balaban J connectivity index is 1.30. The smallest absolute Gasteiger partial charge is 0.234 e. The number of carbonyl (C=O) groups is 2. The number of rotatable bonds is 8. The monoisotopic (exact) mass is 479 g/mol. The van der Waals surface area contributed by atoms with Crippen LogP contribution in [0.3, 0.4) is 0 Å². The number of benzene rings is 3. The lowest BCUT2D eigenvalue weighted by Crippen LogP contribution is -2.53. The Hall–Kier alpha value is -2.93. The van der Waals surface area contributed by atoms with Crippen LogP contribution in [-0.2, 0) is 11.3 Å². The van der Waals surface area contributed by atoms with Gasteiger partial charge in [-0.05, 0) is 30.0 Å². The molecule has 0 saturated carbocycles. The van der Waals surface area contributed by atoms with Crippen LogP contribution in [0.4, 0.5) is 0 Å². The van der Waals surface area contributed by atoms with Crippen LogP contribution in [0.2, 0.25) is 5.02 Å². The van der Waals surface area contributed by atoms with Crippen molar-refractivity contribution in [2.75, 3.05) is 39.8 Å². The molecular weight excluding hydrogens is 450 g/mol. The Labute approximate surface area is 205 Å². The number of ether oxygens (including phenoxy) is 1. The van der Waals surface area contributed by atoms with Crippen molar-refractivity contribution in [1.82, 2.24) is 15.1 Å². The Kier molecular flexibility index (Phi) is 7.83. The molecule has 1 heterocycles. The molecule has 7 heteroatoms. The van der Waals surface area contributed by atoms with Crippen LogP contribution in [0.15, 0.2) is 60.7 Å². The highest BCUT2D eigenvalue weighted by atomic mass is 35.5. The molecule has 6 nitrogen and oxygen atoms in total. The van der Waals surface area contributed by atoms with Crippen LogP contribution in [0.1, 0.15) is 22.8 Å². The van der Waals surface area contributed by atoms with E-state index in [4.69, 9.17) is 16.3 Å². The topological polar surface area (TPSA) is 61.9 Å². The lowest BCUT2D eigenvalue weighted by Gasteiger charge is -2.37. The molecule has 1 aliphatic heterocycles. The number of methoxy groups -OCH3 is 1. The first-order chi connectivity index (χ1) is 16.5. The molecular formula is C27H30ClN3O3. The number of hydrogen-bond acceptors (Lipinski definition) is 5. The van der Waals surface area contributed by atoms with E-state index in [1.165, 1.54) is 0 Å². The van der Waals surface area contributed by atoms with E-state index in [1.54, 1.807) is 7.11 Å². The van der Waals surface area contributed by atoms with Crippen molar-refractivity contribution in [3.63, 3.8) is 0 Å². The molecule has 1 fully saturated rings. The minimum Gasteiger partial charge on any atom is -0.495 e. The molecule has 34 heavy (non-hydrogen) atoms. The molecule has 1 atom stereocenters. The van der Waals surface area contributed by atoms with E-state index < -0.39 is 0 Å². The number of halogens is 1. The zero-order chi connectivity index (χ0) is 24.1. The summed E-state index contributed by atoms with van der Waals surface area (Å²) in [5.41, 5.74) is 1.76. The first-order valence-corrected chi connectivity index (χ1v) is 11.9. The Morgan fingerprint density at radius 3 is 2.47 bits per heavy atom. The van der Waals surface area contributed by atoms with Gasteiger partial charge >= 0.3 is 0 Å². The average molecular weight is 480 g/mol. The summed E-state index contributed by atoms with van der Waals surface area (Å²) in [6.45, 7) is 5.86. The van der Waals surface area contributed by atoms with Gasteiger partial charge in [-0.15, -0.1) is 0 Å². The highest BCUT2D eigenvalue weighted by Crippen LogP contribution is 2.33. The number of ketones is 1. The van der Waals surface area contributed by atoms with E-state index in [0.717, 1.165) is 42.5 Å². The third kappa shape index (κ3) is 5.58. The Bertz CT molecular complexity index is 1160. The van der Waals surface area contributed by atoms with Gasteiger partial charge in [0, 0.05) is 43.7 Å². The van der Waals surface area contributed by atoms with Gasteiger partial charge in [0.1, 0.15) is 5.75 Å². The number of hydrogen-bond donors (Lipinski definition) is 1. The lowest BCUT2D eigenvalue weighted by molar-refractivity contribution is -0.122. The van der Waals surface area contributed by atoms with Crippen molar-refractivity contribution in [3.05, 3.63) is 76.8 Å². The van der Waals surface area contributed by atoms with Gasteiger partial charge in [-0.1, -0.05) is 60.1 Å². The lowest BCUT2D eigenvalue weighted by atomic mass is 9.99. The summed E-state index contributed by atoms with van der Waals surface area (Å²) < 4.78 is 5.28. The summed E-state index contributed by atoms with van der Waals surface area (Å²) in [5, 5.41) is 5.31. The number of Topliss-reactive ketones (excluding diaryl/α,β-unsaturated/α-hetero) is 1. The minimum atomic E-state index is -0.236. The zero-order valence-corrected chi connectivity index (χ0v) is 20.3. The summed E-state index contributed by atoms with van der Waals surface area (Å²) >= 11 is 6.41. The van der Waals surface area contributed by atoms with Crippen LogP contribution in [0, 0.1) is 0 Å². The first-order valence-electron chi connectivity index (χ1n) is 11.5. The average Bonchev–Trinajstić information content (AvgIpc) is 2.88. The zero-order valence-electron chi connectivity index (χ0n) is 19.6. The van der Waals surface area contributed by atoms with Crippen molar-refractivity contribution >= 4 is 34.1 Å². The molecule has 0 aliphatic carbocycles. The van der Waals surface area contributed by atoms with Gasteiger partial charge in [0.05, 0.1) is 24.7 Å². The fourth-order valence-corrected chi connectivity index (χ4v) is 4.67. The van der Waals surface area contributed by atoms with Crippen LogP contribution < -0.4 is 10.1 Å². The van der Waals surface area contributed by atoms with E-state index in [1.807, 2.05) is 67.6 Å². The van der Waals surface area contributed by atoms with Gasteiger partial charge in [0.25, 0.3) is 0 Å².